The van der Waals surface area contributed by atoms with Crippen LogP contribution in [0.3, 0.4) is 0 Å². The van der Waals surface area contributed by atoms with Gasteiger partial charge in [0.1, 0.15) is 6.04 Å². The second kappa shape index (κ2) is 4.50. The lowest BCUT2D eigenvalue weighted by Crippen LogP contribution is -2.32. The Hall–Kier alpha value is -1.33. The van der Waals surface area contributed by atoms with E-state index in [1.165, 1.54) is 0 Å². The summed E-state index contributed by atoms with van der Waals surface area (Å²) < 4.78 is 0.801. The molecule has 90 valence electrons. The molecule has 1 aromatic carbocycles. The highest BCUT2D eigenvalue weighted by atomic mass is 79.9. The molecule has 1 atom stereocenters. The van der Waals surface area contributed by atoms with Crippen LogP contribution >= 0.6 is 15.9 Å². The Morgan fingerprint density at radius 1 is 1.59 bits per heavy atom. The number of aliphatic carboxylic acids is 1. The maximum absolute atomic E-state index is 10.8. The van der Waals surface area contributed by atoms with Crippen molar-refractivity contribution in [1.29, 1.82) is 0 Å². The van der Waals surface area contributed by atoms with Gasteiger partial charge in [-0.1, -0.05) is 12.1 Å². The normalized spacial score (nSPS) is 12.9. The van der Waals surface area contributed by atoms with Crippen molar-refractivity contribution in [2.75, 3.05) is 0 Å². The molecule has 0 aliphatic rings. The summed E-state index contributed by atoms with van der Waals surface area (Å²) in [5.74, 6) is -0.988. The fourth-order valence-corrected chi connectivity index (χ4v) is 2.43. The van der Waals surface area contributed by atoms with Gasteiger partial charge < -0.3 is 15.8 Å². The highest BCUT2D eigenvalue weighted by molar-refractivity contribution is 9.10. The van der Waals surface area contributed by atoms with Crippen molar-refractivity contribution in [3.63, 3.8) is 0 Å². The lowest BCUT2D eigenvalue weighted by Gasteiger charge is -2.05. The number of hydrogen-bond donors (Lipinski definition) is 3. The van der Waals surface area contributed by atoms with E-state index in [-0.39, 0.29) is 0 Å². The summed E-state index contributed by atoms with van der Waals surface area (Å²) in [6, 6.07) is 5.12. The molecular formula is C12H13BrN2O2. The number of nitrogens with two attached hydrogens (primary N) is 1. The van der Waals surface area contributed by atoms with Crippen LogP contribution < -0.4 is 5.73 Å². The Morgan fingerprint density at radius 3 is 2.94 bits per heavy atom. The van der Waals surface area contributed by atoms with Gasteiger partial charge in [0.25, 0.3) is 0 Å². The highest BCUT2D eigenvalue weighted by Gasteiger charge is 2.17. The Kier molecular flexibility index (Phi) is 3.22. The van der Waals surface area contributed by atoms with Gasteiger partial charge in [-0.15, -0.1) is 0 Å². The second-order valence-electron chi connectivity index (χ2n) is 4.12. The first-order valence-corrected chi connectivity index (χ1v) is 6.03. The number of carboxylic acid groups (broad SMARTS) is 1. The molecule has 0 saturated carbocycles. The minimum absolute atomic E-state index is 0.305. The van der Waals surface area contributed by atoms with Gasteiger partial charge in [-0.3, -0.25) is 4.79 Å². The number of carbonyl (C=O) groups is 1. The van der Waals surface area contributed by atoms with E-state index in [0.717, 1.165) is 26.6 Å². The molecule has 4 N–H and O–H groups in total. The van der Waals surface area contributed by atoms with Crippen molar-refractivity contribution >= 4 is 32.8 Å². The Bertz CT molecular complexity index is 577. The van der Waals surface area contributed by atoms with Crippen LogP contribution in [0.2, 0.25) is 0 Å². The van der Waals surface area contributed by atoms with Crippen molar-refractivity contribution in [3.05, 3.63) is 33.9 Å². The molecule has 0 amide bonds. The van der Waals surface area contributed by atoms with Gasteiger partial charge in [0.05, 0.1) is 4.60 Å². The van der Waals surface area contributed by atoms with E-state index >= 15 is 0 Å². The van der Waals surface area contributed by atoms with Crippen molar-refractivity contribution in [1.82, 2.24) is 4.98 Å². The van der Waals surface area contributed by atoms with Crippen LogP contribution in [-0.4, -0.2) is 22.1 Å². The van der Waals surface area contributed by atoms with Crippen LogP contribution in [-0.2, 0) is 11.2 Å². The van der Waals surface area contributed by atoms with E-state index in [9.17, 15) is 4.79 Å². The van der Waals surface area contributed by atoms with E-state index in [0.29, 0.717) is 6.42 Å². The number of aryl methyl sites for hydroxylation is 1. The number of hydrogen-bond acceptors (Lipinski definition) is 2. The van der Waals surface area contributed by atoms with Crippen LogP contribution in [0, 0.1) is 6.92 Å². The molecule has 5 heteroatoms. The molecule has 0 aliphatic heterocycles. The van der Waals surface area contributed by atoms with Gasteiger partial charge in [0, 0.05) is 17.3 Å². The number of nitrogens with one attached hydrogen (secondary N) is 1. The topological polar surface area (TPSA) is 79.1 Å². The average molecular weight is 297 g/mol. The molecule has 1 heterocycles. The highest BCUT2D eigenvalue weighted by Crippen LogP contribution is 2.28. The van der Waals surface area contributed by atoms with Crippen molar-refractivity contribution in [2.24, 2.45) is 5.73 Å². The maximum atomic E-state index is 10.8. The van der Waals surface area contributed by atoms with E-state index in [1.807, 2.05) is 25.1 Å². The molecule has 2 aromatic rings. The summed E-state index contributed by atoms with van der Waals surface area (Å²) >= 11 is 3.41. The first kappa shape index (κ1) is 12.1. The Morgan fingerprint density at radius 2 is 2.29 bits per heavy atom. The molecule has 17 heavy (non-hydrogen) atoms. The molecule has 4 nitrogen and oxygen atoms in total. The van der Waals surface area contributed by atoms with Gasteiger partial charge in [-0.05, 0) is 40.0 Å². The van der Waals surface area contributed by atoms with Gasteiger partial charge in [-0.25, -0.2) is 0 Å². The third-order valence-electron chi connectivity index (χ3n) is 2.75. The zero-order valence-corrected chi connectivity index (χ0v) is 10.9. The summed E-state index contributed by atoms with van der Waals surface area (Å²) in [6.45, 7) is 2.01. The number of H-pyrrole nitrogens is 1. The molecule has 0 aliphatic carbocycles. The van der Waals surface area contributed by atoms with Crippen molar-refractivity contribution in [2.45, 2.75) is 19.4 Å². The molecule has 0 bridgehead atoms. The number of aromatic nitrogens is 1. The average Bonchev–Trinajstić information content (AvgIpc) is 2.54. The van der Waals surface area contributed by atoms with Crippen LogP contribution in [0.25, 0.3) is 10.9 Å². The molecule has 0 saturated heterocycles. The minimum Gasteiger partial charge on any atom is -0.480 e. The molecule has 0 spiro atoms. The van der Waals surface area contributed by atoms with Gasteiger partial charge in [0.2, 0.25) is 0 Å². The van der Waals surface area contributed by atoms with Gasteiger partial charge >= 0.3 is 5.97 Å². The molecule has 1 unspecified atom stereocenters. The Labute approximate surface area is 107 Å². The van der Waals surface area contributed by atoms with E-state index < -0.39 is 12.0 Å². The summed E-state index contributed by atoms with van der Waals surface area (Å²) in [5.41, 5.74) is 8.62. The minimum atomic E-state index is -0.988. The van der Waals surface area contributed by atoms with Crippen LogP contribution in [0.15, 0.2) is 22.8 Å². The van der Waals surface area contributed by atoms with E-state index in [2.05, 4.69) is 20.9 Å². The smallest absolute Gasteiger partial charge is 0.320 e. The predicted octanol–water partition coefficient (Wildman–Crippen LogP) is 2.19. The predicted molar refractivity (Wildman–Crippen MR) is 70.1 cm³/mol. The first-order valence-electron chi connectivity index (χ1n) is 5.24. The number of carboxylic acids is 1. The monoisotopic (exact) mass is 296 g/mol. The first-order chi connectivity index (χ1) is 7.99. The van der Waals surface area contributed by atoms with Crippen LogP contribution in [0.5, 0.6) is 0 Å². The summed E-state index contributed by atoms with van der Waals surface area (Å²) in [6.07, 6.45) is 0.305. The SMILES string of the molecule is Cc1ccc2c(CC(N)C(=O)O)c(Br)[nH]c2c1. The number of benzene rings is 1. The lowest BCUT2D eigenvalue weighted by atomic mass is 10.0. The van der Waals surface area contributed by atoms with Gasteiger partial charge in [0.15, 0.2) is 0 Å². The largest absolute Gasteiger partial charge is 0.480 e. The third-order valence-corrected chi connectivity index (χ3v) is 3.43. The van der Waals surface area contributed by atoms with E-state index in [4.69, 9.17) is 10.8 Å². The van der Waals surface area contributed by atoms with Crippen molar-refractivity contribution in [3.8, 4) is 0 Å². The van der Waals surface area contributed by atoms with Crippen molar-refractivity contribution < 1.29 is 9.90 Å². The zero-order chi connectivity index (χ0) is 12.6. The summed E-state index contributed by atoms with van der Waals surface area (Å²) in [7, 11) is 0. The molecule has 2 rings (SSSR count). The number of halogens is 1. The standard InChI is InChI=1S/C12H13BrN2O2/c1-6-2-3-7-8(5-9(14)12(16)17)11(13)15-10(7)4-6/h2-4,9,15H,5,14H2,1H3,(H,16,17). The van der Waals surface area contributed by atoms with E-state index in [1.54, 1.807) is 0 Å². The quantitative estimate of drug-likeness (QED) is 0.812. The fourth-order valence-electron chi connectivity index (χ4n) is 1.84. The number of fused-ring (bicyclic) bond motifs is 1. The van der Waals surface area contributed by atoms with Gasteiger partial charge in [-0.2, -0.15) is 0 Å². The molecular weight excluding hydrogens is 284 g/mol. The summed E-state index contributed by atoms with van der Waals surface area (Å²) in [4.78, 5) is 14.0. The molecule has 1 aromatic heterocycles. The number of aromatic amines is 1. The fraction of sp³-hybridized carbons (Fsp3) is 0.250. The second-order valence-corrected chi connectivity index (χ2v) is 4.91. The third kappa shape index (κ3) is 2.35. The van der Waals surface area contributed by atoms with Crippen LogP contribution in [0.1, 0.15) is 11.1 Å². The maximum Gasteiger partial charge on any atom is 0.320 e. The molecule has 0 radical (unpaired) electrons. The Balaban J connectivity index is 2.46. The lowest BCUT2D eigenvalue weighted by molar-refractivity contribution is -0.138. The number of rotatable bonds is 3. The summed E-state index contributed by atoms with van der Waals surface area (Å²) in [5, 5.41) is 9.85. The molecule has 0 fully saturated rings. The van der Waals surface area contributed by atoms with Crippen LogP contribution in [0.4, 0.5) is 0 Å². The zero-order valence-electron chi connectivity index (χ0n) is 9.33.